The summed E-state index contributed by atoms with van der Waals surface area (Å²) in [7, 11) is 0. The van der Waals surface area contributed by atoms with Gasteiger partial charge in [0.05, 0.1) is 18.2 Å². The van der Waals surface area contributed by atoms with Gasteiger partial charge in [-0.2, -0.15) is 11.8 Å². The molecule has 1 aromatic rings. The number of benzene rings is 1. The summed E-state index contributed by atoms with van der Waals surface area (Å²) in [5.74, 6) is 2.18. The van der Waals surface area contributed by atoms with Crippen LogP contribution in [0, 0.1) is 0 Å². The first-order valence-electron chi connectivity index (χ1n) is 8.33. The smallest absolute Gasteiger partial charge is 0.338 e. The lowest BCUT2D eigenvalue weighted by Gasteiger charge is -2.30. The fraction of sp³-hybridized carbons (Fsp3) is 0.444. The fourth-order valence-corrected chi connectivity index (χ4v) is 3.38. The Hall–Kier alpha value is -1.73. The first kappa shape index (κ1) is 19.6. The Bertz CT molecular complexity index is 661. The highest BCUT2D eigenvalue weighted by Crippen LogP contribution is 2.33. The number of rotatable bonds is 8. The van der Waals surface area contributed by atoms with E-state index in [1.807, 2.05) is 38.1 Å². The lowest BCUT2D eigenvalue weighted by atomic mass is 9.95. The summed E-state index contributed by atoms with van der Waals surface area (Å²) in [5, 5.41) is 6.67. The van der Waals surface area contributed by atoms with Gasteiger partial charge in [-0.05, 0) is 37.9 Å². The molecule has 0 aromatic heterocycles. The molecule has 0 bridgehead atoms. The van der Waals surface area contributed by atoms with Gasteiger partial charge in [-0.3, -0.25) is 0 Å². The van der Waals surface area contributed by atoms with Gasteiger partial charge >= 0.3 is 5.97 Å². The minimum absolute atomic E-state index is 0.340. The molecule has 2 N–H and O–H groups in total. The van der Waals surface area contributed by atoms with Crippen LogP contribution in [0.25, 0.3) is 0 Å². The lowest BCUT2D eigenvalue weighted by molar-refractivity contribution is -0.138. The van der Waals surface area contributed by atoms with Crippen LogP contribution < -0.4 is 15.4 Å². The van der Waals surface area contributed by atoms with Crippen LogP contribution in [0.2, 0.25) is 0 Å². The van der Waals surface area contributed by atoms with Gasteiger partial charge in [0.1, 0.15) is 12.4 Å². The molecule has 0 saturated carbocycles. The highest BCUT2D eigenvalue weighted by molar-refractivity contribution is 7.99. The quantitative estimate of drug-likeness (QED) is 0.408. The summed E-state index contributed by atoms with van der Waals surface area (Å²) in [4.78, 5) is 12.7. The first-order chi connectivity index (χ1) is 12.1. The highest BCUT2D eigenvalue weighted by atomic mass is 32.2. The van der Waals surface area contributed by atoms with E-state index in [0.29, 0.717) is 29.6 Å². The minimum atomic E-state index is -0.400. The topological polar surface area (TPSA) is 59.6 Å². The van der Waals surface area contributed by atoms with Crippen molar-refractivity contribution >= 4 is 35.1 Å². The maximum atomic E-state index is 12.7. The number of thiocarbonyl (C=S) groups is 1. The van der Waals surface area contributed by atoms with E-state index in [1.54, 1.807) is 11.8 Å². The molecule has 0 amide bonds. The summed E-state index contributed by atoms with van der Waals surface area (Å²) in [6.45, 7) is 6.77. The van der Waals surface area contributed by atoms with Gasteiger partial charge in [0, 0.05) is 17.0 Å². The second-order valence-corrected chi connectivity index (χ2v) is 7.18. The van der Waals surface area contributed by atoms with E-state index in [9.17, 15) is 4.79 Å². The third kappa shape index (κ3) is 5.12. The van der Waals surface area contributed by atoms with E-state index in [0.717, 1.165) is 22.8 Å². The number of hydrogen-bond donors (Lipinski definition) is 2. The first-order valence-corrected chi connectivity index (χ1v) is 9.89. The van der Waals surface area contributed by atoms with E-state index in [4.69, 9.17) is 21.7 Å². The second-order valence-electron chi connectivity index (χ2n) is 5.37. The molecule has 0 fully saturated rings. The van der Waals surface area contributed by atoms with Crippen molar-refractivity contribution in [1.29, 1.82) is 0 Å². The Balaban J connectivity index is 2.29. The Kier molecular flexibility index (Phi) is 7.58. The zero-order chi connectivity index (χ0) is 18.2. The molecular weight excluding hydrogens is 356 g/mol. The van der Waals surface area contributed by atoms with E-state index in [2.05, 4.69) is 17.6 Å². The van der Waals surface area contributed by atoms with Gasteiger partial charge in [0.15, 0.2) is 5.11 Å². The predicted octanol–water partition coefficient (Wildman–Crippen LogP) is 3.17. The number of ether oxygens (including phenoxy) is 2. The van der Waals surface area contributed by atoms with Crippen LogP contribution in [0.3, 0.4) is 0 Å². The normalized spacial score (nSPS) is 16.9. The van der Waals surface area contributed by atoms with Crippen LogP contribution in [0.5, 0.6) is 5.75 Å². The third-order valence-electron chi connectivity index (χ3n) is 3.68. The number of thioether (sulfide) groups is 1. The van der Waals surface area contributed by atoms with Gasteiger partial charge in [0.2, 0.25) is 0 Å². The molecule has 1 aromatic carbocycles. The lowest BCUT2D eigenvalue weighted by Crippen LogP contribution is -2.45. The number of nitrogens with one attached hydrogen (secondary N) is 2. The SMILES string of the molecule is CCOc1ccccc1[C@@H]1NC(=S)NC(C)=C1C(=O)OCCSCC. The molecule has 0 saturated heterocycles. The van der Waals surface area contributed by atoms with Crippen LogP contribution in [0.1, 0.15) is 32.4 Å². The summed E-state index contributed by atoms with van der Waals surface area (Å²) in [6, 6.07) is 7.25. The summed E-state index contributed by atoms with van der Waals surface area (Å²) in [6.07, 6.45) is 0. The number of allylic oxidation sites excluding steroid dienone is 1. The van der Waals surface area contributed by atoms with Gasteiger partial charge in [0.25, 0.3) is 0 Å². The van der Waals surface area contributed by atoms with E-state index in [-0.39, 0.29) is 5.97 Å². The second kappa shape index (κ2) is 9.68. The van der Waals surface area contributed by atoms with Gasteiger partial charge in [-0.1, -0.05) is 25.1 Å². The predicted molar refractivity (Wildman–Crippen MR) is 106 cm³/mol. The fourth-order valence-electron chi connectivity index (χ4n) is 2.62. The Labute approximate surface area is 158 Å². The summed E-state index contributed by atoms with van der Waals surface area (Å²) >= 11 is 7.02. The average molecular weight is 381 g/mol. The summed E-state index contributed by atoms with van der Waals surface area (Å²) in [5.41, 5.74) is 2.10. The molecule has 0 aliphatic carbocycles. The van der Waals surface area contributed by atoms with E-state index < -0.39 is 6.04 Å². The molecule has 25 heavy (non-hydrogen) atoms. The molecule has 5 nitrogen and oxygen atoms in total. The van der Waals surface area contributed by atoms with Crippen molar-refractivity contribution < 1.29 is 14.3 Å². The average Bonchev–Trinajstić information content (AvgIpc) is 2.58. The van der Waals surface area contributed by atoms with Crippen molar-refractivity contribution in [3.8, 4) is 5.75 Å². The van der Waals surface area contributed by atoms with Crippen molar-refractivity contribution in [2.45, 2.75) is 26.8 Å². The molecule has 2 rings (SSSR count). The zero-order valence-electron chi connectivity index (χ0n) is 14.8. The molecule has 0 spiro atoms. The maximum Gasteiger partial charge on any atom is 0.338 e. The molecule has 1 aliphatic heterocycles. The Morgan fingerprint density at radius 1 is 1.32 bits per heavy atom. The monoisotopic (exact) mass is 380 g/mol. The van der Waals surface area contributed by atoms with Crippen molar-refractivity contribution in [1.82, 2.24) is 10.6 Å². The van der Waals surface area contributed by atoms with Crippen LogP contribution in [0.15, 0.2) is 35.5 Å². The van der Waals surface area contributed by atoms with Crippen molar-refractivity contribution in [2.24, 2.45) is 0 Å². The van der Waals surface area contributed by atoms with Crippen LogP contribution in [-0.2, 0) is 9.53 Å². The molecule has 0 radical (unpaired) electrons. The molecule has 1 aliphatic rings. The largest absolute Gasteiger partial charge is 0.494 e. The molecule has 136 valence electrons. The molecule has 7 heteroatoms. The number of hydrogen-bond acceptors (Lipinski definition) is 5. The van der Waals surface area contributed by atoms with E-state index >= 15 is 0 Å². The third-order valence-corrected chi connectivity index (χ3v) is 4.77. The number of esters is 1. The van der Waals surface area contributed by atoms with Crippen molar-refractivity contribution in [3.63, 3.8) is 0 Å². The number of para-hydroxylation sites is 1. The molecule has 1 heterocycles. The number of carbonyl (C=O) groups is 1. The standard InChI is InChI=1S/C18H24N2O3S2/c1-4-22-14-9-7-6-8-13(14)16-15(12(3)19-18(24)20-16)17(21)23-10-11-25-5-2/h6-9,16H,4-5,10-11H2,1-3H3,(H2,19,20,24)/t16-/m0/s1. The molecule has 1 atom stereocenters. The Morgan fingerprint density at radius 2 is 2.08 bits per heavy atom. The van der Waals surface area contributed by atoms with Crippen LogP contribution >= 0.6 is 24.0 Å². The van der Waals surface area contributed by atoms with Gasteiger partial charge in [-0.15, -0.1) is 0 Å². The highest BCUT2D eigenvalue weighted by Gasteiger charge is 2.32. The Morgan fingerprint density at radius 3 is 2.80 bits per heavy atom. The zero-order valence-corrected chi connectivity index (χ0v) is 16.4. The maximum absolute atomic E-state index is 12.7. The van der Waals surface area contributed by atoms with Gasteiger partial charge in [-0.25, -0.2) is 4.79 Å². The summed E-state index contributed by atoms with van der Waals surface area (Å²) < 4.78 is 11.2. The molecule has 0 unspecified atom stereocenters. The van der Waals surface area contributed by atoms with Crippen LogP contribution in [0.4, 0.5) is 0 Å². The van der Waals surface area contributed by atoms with E-state index in [1.165, 1.54) is 0 Å². The number of carbonyl (C=O) groups excluding carboxylic acids is 1. The van der Waals surface area contributed by atoms with Crippen molar-refractivity contribution in [3.05, 3.63) is 41.1 Å². The molecular formula is C18H24N2O3S2. The van der Waals surface area contributed by atoms with Crippen LogP contribution in [-0.4, -0.2) is 35.8 Å². The van der Waals surface area contributed by atoms with Crippen molar-refractivity contribution in [2.75, 3.05) is 24.7 Å². The minimum Gasteiger partial charge on any atom is -0.494 e. The van der Waals surface area contributed by atoms with Gasteiger partial charge < -0.3 is 20.1 Å².